The predicted molar refractivity (Wildman–Crippen MR) is 102 cm³/mol. The van der Waals surface area contributed by atoms with E-state index in [1.807, 2.05) is 24.8 Å². The number of fused-ring (bicyclic) bond motifs is 1. The molecular weight excluding hydrogens is 358 g/mol. The Bertz CT molecular complexity index is 1010. The Hall–Kier alpha value is -2.77. The van der Waals surface area contributed by atoms with Crippen LogP contribution in [-0.2, 0) is 6.42 Å². The molecule has 0 bridgehead atoms. The van der Waals surface area contributed by atoms with Crippen molar-refractivity contribution in [1.29, 1.82) is 0 Å². The molecule has 0 N–H and O–H groups in total. The smallest absolute Gasteiger partial charge is 0.258 e. The van der Waals surface area contributed by atoms with E-state index in [9.17, 15) is 4.79 Å². The van der Waals surface area contributed by atoms with Crippen molar-refractivity contribution < 1.29 is 13.8 Å². The fourth-order valence-corrected chi connectivity index (χ4v) is 3.80. The Labute approximate surface area is 163 Å². The number of piperidine rings is 1. The summed E-state index contributed by atoms with van der Waals surface area (Å²) in [5.41, 5.74) is 2.41. The van der Waals surface area contributed by atoms with Crippen molar-refractivity contribution in [1.82, 2.24) is 25.2 Å². The molecule has 1 aliphatic heterocycles. The molecule has 0 spiro atoms. The van der Waals surface area contributed by atoms with Crippen LogP contribution in [0.15, 0.2) is 15.1 Å². The van der Waals surface area contributed by atoms with Gasteiger partial charge in [-0.05, 0) is 38.7 Å². The maximum Gasteiger partial charge on any atom is 0.258 e. The number of amides is 1. The summed E-state index contributed by atoms with van der Waals surface area (Å²) in [6, 6.07) is 1.81. The summed E-state index contributed by atoms with van der Waals surface area (Å²) in [6.07, 6.45) is 2.62. The normalized spacial score (nSPS) is 17.6. The molecule has 4 heterocycles. The molecule has 0 saturated carbocycles. The van der Waals surface area contributed by atoms with Crippen molar-refractivity contribution in [3.63, 3.8) is 0 Å². The lowest BCUT2D eigenvalue weighted by Crippen LogP contribution is -2.39. The Morgan fingerprint density at radius 3 is 2.86 bits per heavy atom. The van der Waals surface area contributed by atoms with Crippen LogP contribution in [0.2, 0.25) is 0 Å². The Kier molecular flexibility index (Phi) is 4.87. The van der Waals surface area contributed by atoms with E-state index in [0.29, 0.717) is 47.3 Å². The number of nitrogens with zero attached hydrogens (tertiary/aromatic N) is 5. The van der Waals surface area contributed by atoms with Gasteiger partial charge < -0.3 is 13.9 Å². The van der Waals surface area contributed by atoms with E-state index in [1.54, 1.807) is 0 Å². The average molecular weight is 383 g/mol. The molecule has 0 radical (unpaired) electrons. The number of likely N-dealkylation sites (tertiary alicyclic amines) is 1. The van der Waals surface area contributed by atoms with Crippen molar-refractivity contribution in [2.24, 2.45) is 5.92 Å². The van der Waals surface area contributed by atoms with Crippen LogP contribution in [-0.4, -0.2) is 44.2 Å². The molecule has 28 heavy (non-hydrogen) atoms. The molecule has 0 aliphatic carbocycles. The second kappa shape index (κ2) is 7.33. The lowest BCUT2D eigenvalue weighted by Gasteiger charge is -2.31. The molecule has 1 atom stereocenters. The molecule has 3 aromatic rings. The first-order valence-electron chi connectivity index (χ1n) is 9.77. The summed E-state index contributed by atoms with van der Waals surface area (Å²) >= 11 is 0. The molecule has 3 aromatic heterocycles. The van der Waals surface area contributed by atoms with Crippen molar-refractivity contribution in [2.75, 3.05) is 13.1 Å². The third-order valence-electron chi connectivity index (χ3n) is 5.11. The molecule has 1 unspecified atom stereocenters. The van der Waals surface area contributed by atoms with Gasteiger partial charge in [-0.25, -0.2) is 4.98 Å². The monoisotopic (exact) mass is 383 g/mol. The van der Waals surface area contributed by atoms with Gasteiger partial charge in [0, 0.05) is 25.2 Å². The van der Waals surface area contributed by atoms with Gasteiger partial charge in [-0.2, -0.15) is 4.98 Å². The number of hydrogen-bond donors (Lipinski definition) is 0. The largest absolute Gasteiger partial charge is 0.339 e. The van der Waals surface area contributed by atoms with E-state index in [4.69, 9.17) is 9.05 Å². The zero-order chi connectivity index (χ0) is 19.8. The van der Waals surface area contributed by atoms with Crippen LogP contribution in [0.3, 0.4) is 0 Å². The van der Waals surface area contributed by atoms with Crippen molar-refractivity contribution >= 4 is 17.0 Å². The number of carbonyl (C=O) groups excluding carboxylic acids is 1. The van der Waals surface area contributed by atoms with Crippen LogP contribution in [0, 0.1) is 19.8 Å². The summed E-state index contributed by atoms with van der Waals surface area (Å²) in [5, 5.41) is 8.76. The van der Waals surface area contributed by atoms with E-state index >= 15 is 0 Å². The summed E-state index contributed by atoms with van der Waals surface area (Å²) < 4.78 is 10.8. The van der Waals surface area contributed by atoms with Crippen molar-refractivity contribution in [3.8, 4) is 0 Å². The third kappa shape index (κ3) is 3.50. The minimum Gasteiger partial charge on any atom is -0.339 e. The molecule has 1 amide bonds. The molecule has 0 aromatic carbocycles. The van der Waals surface area contributed by atoms with Gasteiger partial charge in [0.2, 0.25) is 5.89 Å². The fraction of sp³-hybridized carbons (Fsp3) is 0.550. The number of hydrogen-bond acceptors (Lipinski definition) is 7. The van der Waals surface area contributed by atoms with Gasteiger partial charge >= 0.3 is 0 Å². The minimum absolute atomic E-state index is 0.0339. The van der Waals surface area contributed by atoms with E-state index < -0.39 is 0 Å². The SMILES string of the molecule is Cc1cc(C(=O)N2CCCC(c3nc(CC(C)C)no3)C2)c2c(C)noc2n1. The second-order valence-electron chi connectivity index (χ2n) is 8.00. The predicted octanol–water partition coefficient (Wildman–Crippen LogP) is 3.44. The van der Waals surface area contributed by atoms with Crippen LogP contribution < -0.4 is 0 Å². The maximum atomic E-state index is 13.3. The molecule has 8 heteroatoms. The summed E-state index contributed by atoms with van der Waals surface area (Å²) in [6.45, 7) is 9.20. The first kappa shape index (κ1) is 18.6. The molecule has 8 nitrogen and oxygen atoms in total. The first-order valence-corrected chi connectivity index (χ1v) is 9.77. The molecule has 1 fully saturated rings. The van der Waals surface area contributed by atoms with Gasteiger partial charge in [0.1, 0.15) is 0 Å². The number of aryl methyl sites for hydroxylation is 2. The molecule has 4 rings (SSSR count). The Morgan fingerprint density at radius 1 is 1.25 bits per heavy atom. The molecule has 148 valence electrons. The van der Waals surface area contributed by atoms with Crippen molar-refractivity contribution in [2.45, 2.75) is 52.9 Å². The molecular formula is C20H25N5O3. The first-order chi connectivity index (χ1) is 13.4. The van der Waals surface area contributed by atoms with Gasteiger partial charge in [-0.1, -0.05) is 24.2 Å². The van der Waals surface area contributed by atoms with Gasteiger partial charge in [0.15, 0.2) is 5.82 Å². The summed E-state index contributed by atoms with van der Waals surface area (Å²) in [7, 11) is 0. The standard InChI is InChI=1S/C20H25N5O3/c1-11(2)8-16-22-18(27-24-16)14-6-5-7-25(10-14)20(26)15-9-12(3)21-19-17(15)13(4)23-28-19/h9,11,14H,5-8,10H2,1-4H3. The zero-order valence-corrected chi connectivity index (χ0v) is 16.7. The highest BCUT2D eigenvalue weighted by molar-refractivity contribution is 6.06. The lowest BCUT2D eigenvalue weighted by molar-refractivity contribution is 0.0697. The van der Waals surface area contributed by atoms with Crippen molar-refractivity contribution in [3.05, 3.63) is 34.7 Å². The summed E-state index contributed by atoms with van der Waals surface area (Å²) in [4.78, 5) is 24.1. The second-order valence-corrected chi connectivity index (χ2v) is 8.00. The van der Waals surface area contributed by atoms with E-state index in [1.165, 1.54) is 0 Å². The van der Waals surface area contributed by atoms with Crippen LogP contribution in [0.25, 0.3) is 11.1 Å². The number of aromatic nitrogens is 4. The van der Waals surface area contributed by atoms with Crippen LogP contribution in [0.1, 0.15) is 66.1 Å². The van der Waals surface area contributed by atoms with Gasteiger partial charge in [0.05, 0.1) is 22.6 Å². The fourth-order valence-electron chi connectivity index (χ4n) is 3.80. The minimum atomic E-state index is -0.0339. The third-order valence-corrected chi connectivity index (χ3v) is 5.11. The number of carbonyl (C=O) groups is 1. The zero-order valence-electron chi connectivity index (χ0n) is 16.7. The number of rotatable bonds is 4. The highest BCUT2D eigenvalue weighted by Gasteiger charge is 2.30. The van der Waals surface area contributed by atoms with Crippen LogP contribution in [0.5, 0.6) is 0 Å². The van der Waals surface area contributed by atoms with Gasteiger partial charge in [0.25, 0.3) is 11.6 Å². The Balaban J connectivity index is 1.57. The van der Waals surface area contributed by atoms with Crippen LogP contribution in [0.4, 0.5) is 0 Å². The highest BCUT2D eigenvalue weighted by Crippen LogP contribution is 2.29. The Morgan fingerprint density at radius 2 is 2.07 bits per heavy atom. The lowest BCUT2D eigenvalue weighted by atomic mass is 9.96. The van der Waals surface area contributed by atoms with E-state index in [0.717, 1.165) is 30.8 Å². The summed E-state index contributed by atoms with van der Waals surface area (Å²) in [5.74, 6) is 1.87. The quantitative estimate of drug-likeness (QED) is 0.680. The highest BCUT2D eigenvalue weighted by atomic mass is 16.5. The van der Waals surface area contributed by atoms with Gasteiger partial charge in [-0.15, -0.1) is 0 Å². The van der Waals surface area contributed by atoms with Gasteiger partial charge in [-0.3, -0.25) is 4.79 Å². The van der Waals surface area contributed by atoms with E-state index in [2.05, 4.69) is 34.1 Å². The molecule has 1 saturated heterocycles. The number of pyridine rings is 1. The maximum absolute atomic E-state index is 13.3. The topological polar surface area (TPSA) is 98.2 Å². The average Bonchev–Trinajstić information content (AvgIpc) is 3.27. The molecule has 1 aliphatic rings. The van der Waals surface area contributed by atoms with E-state index in [-0.39, 0.29) is 11.8 Å². The van der Waals surface area contributed by atoms with Crippen LogP contribution >= 0.6 is 0 Å².